The molecule has 0 fully saturated rings. The van der Waals surface area contributed by atoms with Crippen molar-refractivity contribution in [2.24, 2.45) is 11.3 Å². The Kier molecular flexibility index (Phi) is 13.2. The molecule has 0 radical (unpaired) electrons. The van der Waals surface area contributed by atoms with Crippen molar-refractivity contribution in [2.75, 3.05) is 55.6 Å². The van der Waals surface area contributed by atoms with Gasteiger partial charge in [0.05, 0.1) is 27.7 Å². The summed E-state index contributed by atoms with van der Waals surface area (Å²) in [5.41, 5.74) is -0.515. The maximum Gasteiger partial charge on any atom is 0.500 e. The number of Topliss-reactive ketones (excluding diaryl/α,β-unsaturated/α-hetero) is 1. The Morgan fingerprint density at radius 2 is 1.57 bits per heavy atom. The van der Waals surface area contributed by atoms with E-state index in [0.29, 0.717) is 25.4 Å². The zero-order chi connectivity index (χ0) is 23.4. The molecule has 178 valence electrons. The van der Waals surface area contributed by atoms with Crippen molar-refractivity contribution in [3.8, 4) is 0 Å². The van der Waals surface area contributed by atoms with Gasteiger partial charge in [0.25, 0.3) is 0 Å². The van der Waals surface area contributed by atoms with E-state index < -0.39 is 14.2 Å². The van der Waals surface area contributed by atoms with Crippen LogP contribution in [0.5, 0.6) is 0 Å². The number of amides is 1. The lowest BCUT2D eigenvalue weighted by atomic mass is 9.76. The lowest BCUT2D eigenvalue weighted by Crippen LogP contribution is -2.42. The van der Waals surface area contributed by atoms with Gasteiger partial charge in [-0.25, -0.2) is 0 Å². The lowest BCUT2D eigenvalue weighted by molar-refractivity contribution is -0.870. The van der Waals surface area contributed by atoms with Gasteiger partial charge in [-0.3, -0.25) is 9.59 Å². The van der Waals surface area contributed by atoms with Crippen molar-refractivity contribution in [3.05, 3.63) is 0 Å². The summed E-state index contributed by atoms with van der Waals surface area (Å²) < 4.78 is 17.2. The summed E-state index contributed by atoms with van der Waals surface area (Å²) in [6, 6.07) is 0.692. The number of nitrogens with one attached hydrogen (secondary N) is 1. The van der Waals surface area contributed by atoms with Gasteiger partial charge in [0.2, 0.25) is 5.91 Å². The number of quaternary nitrogens is 1. The molecule has 0 aromatic rings. The van der Waals surface area contributed by atoms with Crippen molar-refractivity contribution in [3.63, 3.8) is 0 Å². The molecule has 7 nitrogen and oxygen atoms in total. The van der Waals surface area contributed by atoms with Crippen LogP contribution in [0, 0.1) is 11.3 Å². The van der Waals surface area contributed by atoms with Crippen LogP contribution in [-0.4, -0.2) is 80.5 Å². The second-order valence-electron chi connectivity index (χ2n) is 9.78. The summed E-state index contributed by atoms with van der Waals surface area (Å²) in [6.07, 6.45) is 4.34. The molecule has 0 aromatic heterocycles. The standard InChI is InChI=1S/C22H46N2O5Si/c1-10-19(21(26)23-15-13-16-24(4,5)6)18-22(2,3)20(25)14-11-12-17-30(27-7,28-8)29-9/h19H,10-18H2,1-9H3/p+1. The van der Waals surface area contributed by atoms with Crippen molar-refractivity contribution in [2.45, 2.75) is 65.3 Å². The minimum absolute atomic E-state index is 0.0656. The Bertz CT molecular complexity index is 508. The first-order valence-electron chi connectivity index (χ1n) is 11.1. The van der Waals surface area contributed by atoms with Crippen LogP contribution < -0.4 is 5.32 Å². The smallest absolute Gasteiger partial charge is 0.377 e. The highest BCUT2D eigenvalue weighted by Gasteiger charge is 2.37. The van der Waals surface area contributed by atoms with Gasteiger partial charge in [-0.2, -0.15) is 0 Å². The van der Waals surface area contributed by atoms with Crippen LogP contribution in [0.1, 0.15) is 59.3 Å². The van der Waals surface area contributed by atoms with Gasteiger partial charge in [0.1, 0.15) is 5.78 Å². The second kappa shape index (κ2) is 13.6. The summed E-state index contributed by atoms with van der Waals surface area (Å²) in [7, 11) is 8.67. The molecule has 0 bridgehead atoms. The van der Waals surface area contributed by atoms with E-state index in [-0.39, 0.29) is 17.6 Å². The van der Waals surface area contributed by atoms with Gasteiger partial charge in [0, 0.05) is 58.1 Å². The quantitative estimate of drug-likeness (QED) is 0.210. The maximum absolute atomic E-state index is 12.8. The SMILES string of the molecule is CCC(CC(C)(C)C(=O)CCCC[Si](OC)(OC)OC)C(=O)NCCC[N+](C)(C)C. The third-order valence-electron chi connectivity index (χ3n) is 5.75. The van der Waals surface area contributed by atoms with Crippen molar-refractivity contribution in [1.82, 2.24) is 5.32 Å². The number of unbranched alkanes of at least 4 members (excludes halogenated alkanes) is 1. The molecule has 0 heterocycles. The van der Waals surface area contributed by atoms with Crippen molar-refractivity contribution < 1.29 is 27.4 Å². The Morgan fingerprint density at radius 1 is 1.00 bits per heavy atom. The first-order chi connectivity index (χ1) is 13.9. The monoisotopic (exact) mass is 447 g/mol. The van der Waals surface area contributed by atoms with Gasteiger partial charge < -0.3 is 23.1 Å². The Labute approximate surface area is 185 Å². The van der Waals surface area contributed by atoms with E-state index in [9.17, 15) is 9.59 Å². The van der Waals surface area contributed by atoms with Gasteiger partial charge >= 0.3 is 8.80 Å². The zero-order valence-electron chi connectivity index (χ0n) is 20.9. The van der Waals surface area contributed by atoms with Gasteiger partial charge in [-0.1, -0.05) is 20.8 Å². The van der Waals surface area contributed by atoms with Crippen LogP contribution in [0.2, 0.25) is 6.04 Å². The Hall–Kier alpha value is -0.803. The van der Waals surface area contributed by atoms with Gasteiger partial charge in [-0.15, -0.1) is 0 Å². The van der Waals surface area contributed by atoms with Crippen LogP contribution in [0.4, 0.5) is 0 Å². The molecule has 0 aliphatic rings. The zero-order valence-corrected chi connectivity index (χ0v) is 21.9. The third-order valence-corrected chi connectivity index (χ3v) is 8.58. The normalized spacial score (nSPS) is 13.9. The minimum Gasteiger partial charge on any atom is -0.377 e. The molecular weight excluding hydrogens is 400 g/mol. The molecule has 1 amide bonds. The summed E-state index contributed by atoms with van der Waals surface area (Å²) >= 11 is 0. The number of ketones is 1. The Morgan fingerprint density at radius 3 is 2.03 bits per heavy atom. The highest BCUT2D eigenvalue weighted by molar-refractivity contribution is 6.60. The maximum atomic E-state index is 12.8. The number of hydrogen-bond acceptors (Lipinski definition) is 5. The molecular formula is C22H47N2O5Si+. The summed E-state index contributed by atoms with van der Waals surface area (Å²) in [6.45, 7) is 7.63. The molecule has 0 aromatic carbocycles. The van der Waals surface area contributed by atoms with Gasteiger partial charge in [0.15, 0.2) is 0 Å². The highest BCUT2D eigenvalue weighted by atomic mass is 28.4. The van der Waals surface area contributed by atoms with Crippen LogP contribution in [0.25, 0.3) is 0 Å². The molecule has 0 saturated carbocycles. The second-order valence-corrected chi connectivity index (χ2v) is 12.9. The number of carbonyl (C=O) groups is 2. The van der Waals surface area contributed by atoms with E-state index >= 15 is 0 Å². The van der Waals surface area contributed by atoms with Crippen molar-refractivity contribution in [1.29, 1.82) is 0 Å². The van der Waals surface area contributed by atoms with E-state index in [0.717, 1.165) is 36.7 Å². The van der Waals surface area contributed by atoms with Crippen LogP contribution >= 0.6 is 0 Å². The number of nitrogens with zero attached hydrogens (tertiary/aromatic N) is 1. The average Bonchev–Trinajstić information content (AvgIpc) is 2.69. The molecule has 0 aliphatic heterocycles. The van der Waals surface area contributed by atoms with E-state index in [2.05, 4.69) is 26.5 Å². The summed E-state index contributed by atoms with van der Waals surface area (Å²) in [5, 5.41) is 3.06. The third kappa shape index (κ3) is 11.0. The van der Waals surface area contributed by atoms with E-state index in [1.54, 1.807) is 21.3 Å². The molecule has 0 rings (SSSR count). The summed E-state index contributed by atoms with van der Waals surface area (Å²) in [4.78, 5) is 25.4. The topological polar surface area (TPSA) is 73.9 Å². The fraction of sp³-hybridized carbons (Fsp3) is 0.909. The first kappa shape index (κ1) is 29.2. The molecule has 0 spiro atoms. The summed E-state index contributed by atoms with van der Waals surface area (Å²) in [5.74, 6) is 0.137. The number of carbonyl (C=O) groups excluding carboxylic acids is 2. The fourth-order valence-corrected chi connectivity index (χ4v) is 5.38. The largest absolute Gasteiger partial charge is 0.500 e. The van der Waals surface area contributed by atoms with Gasteiger partial charge in [-0.05, 0) is 25.7 Å². The van der Waals surface area contributed by atoms with E-state index in [1.807, 2.05) is 20.8 Å². The first-order valence-corrected chi connectivity index (χ1v) is 13.1. The van der Waals surface area contributed by atoms with E-state index in [4.69, 9.17) is 13.3 Å². The highest BCUT2D eigenvalue weighted by Crippen LogP contribution is 2.30. The predicted octanol–water partition coefficient (Wildman–Crippen LogP) is 3.26. The molecule has 0 saturated heterocycles. The number of rotatable bonds is 17. The molecule has 1 N–H and O–H groups in total. The average molecular weight is 448 g/mol. The molecule has 1 atom stereocenters. The fourth-order valence-electron chi connectivity index (χ4n) is 3.58. The molecule has 0 aliphatic carbocycles. The minimum atomic E-state index is -2.58. The molecule has 8 heteroatoms. The lowest BCUT2D eigenvalue weighted by Gasteiger charge is -2.28. The van der Waals surface area contributed by atoms with E-state index in [1.165, 1.54) is 0 Å². The predicted molar refractivity (Wildman–Crippen MR) is 123 cm³/mol. The Balaban J connectivity index is 4.52. The number of hydrogen-bond donors (Lipinski definition) is 1. The van der Waals surface area contributed by atoms with Crippen LogP contribution in [0.3, 0.4) is 0 Å². The van der Waals surface area contributed by atoms with Crippen LogP contribution in [-0.2, 0) is 22.9 Å². The van der Waals surface area contributed by atoms with Crippen molar-refractivity contribution >= 4 is 20.5 Å². The molecule has 1 unspecified atom stereocenters. The molecule has 30 heavy (non-hydrogen) atoms. The van der Waals surface area contributed by atoms with Crippen LogP contribution in [0.15, 0.2) is 0 Å².